The van der Waals surface area contributed by atoms with E-state index >= 15 is 0 Å². The van der Waals surface area contributed by atoms with Crippen LogP contribution >= 0.6 is 0 Å². The van der Waals surface area contributed by atoms with Gasteiger partial charge in [-0.25, -0.2) is 0 Å². The van der Waals surface area contributed by atoms with Crippen molar-refractivity contribution in [1.82, 2.24) is 4.98 Å². The van der Waals surface area contributed by atoms with Crippen molar-refractivity contribution < 1.29 is 9.53 Å². The molecule has 4 heteroatoms. The van der Waals surface area contributed by atoms with Gasteiger partial charge in [0.25, 0.3) is 5.91 Å². The fourth-order valence-corrected chi connectivity index (χ4v) is 2.21. The van der Waals surface area contributed by atoms with Crippen LogP contribution in [0.25, 0.3) is 10.9 Å². The Kier molecular flexibility index (Phi) is 4.34. The predicted molar refractivity (Wildman–Crippen MR) is 91.8 cm³/mol. The normalized spacial score (nSPS) is 10.3. The zero-order chi connectivity index (χ0) is 16.1. The van der Waals surface area contributed by atoms with Crippen LogP contribution in [0.1, 0.15) is 10.4 Å². The molecule has 1 heterocycles. The van der Waals surface area contributed by atoms with Gasteiger partial charge >= 0.3 is 0 Å². The molecule has 0 aliphatic heterocycles. The lowest BCUT2D eigenvalue weighted by Crippen LogP contribution is -2.11. The molecule has 1 amide bonds. The van der Waals surface area contributed by atoms with Gasteiger partial charge in [-0.15, -0.1) is 0 Å². The summed E-state index contributed by atoms with van der Waals surface area (Å²) in [6, 6.07) is 16.6. The number of rotatable bonds is 5. The molecule has 0 saturated heterocycles. The van der Waals surface area contributed by atoms with Crippen molar-refractivity contribution in [2.24, 2.45) is 0 Å². The highest BCUT2D eigenvalue weighted by Crippen LogP contribution is 2.20. The molecular weight excluding hydrogens is 288 g/mol. The minimum atomic E-state index is -0.157. The number of benzene rings is 2. The highest BCUT2D eigenvalue weighted by atomic mass is 16.5. The summed E-state index contributed by atoms with van der Waals surface area (Å²) < 4.78 is 5.48. The summed E-state index contributed by atoms with van der Waals surface area (Å²) in [6.07, 6.45) is 3.34. The van der Waals surface area contributed by atoms with E-state index in [0.717, 1.165) is 16.6 Å². The second-order valence-electron chi connectivity index (χ2n) is 5.00. The highest BCUT2D eigenvalue weighted by molar-refractivity contribution is 6.06. The Hall–Kier alpha value is -3.14. The molecule has 0 bridgehead atoms. The average molecular weight is 304 g/mol. The van der Waals surface area contributed by atoms with Crippen molar-refractivity contribution in [3.8, 4) is 5.75 Å². The molecule has 3 aromatic rings. The molecule has 0 aliphatic carbocycles. The summed E-state index contributed by atoms with van der Waals surface area (Å²) in [4.78, 5) is 16.7. The minimum Gasteiger partial charge on any atom is -0.488 e. The Morgan fingerprint density at radius 1 is 1.17 bits per heavy atom. The van der Waals surface area contributed by atoms with Gasteiger partial charge in [0.15, 0.2) is 0 Å². The lowest BCUT2D eigenvalue weighted by Gasteiger charge is -2.07. The summed E-state index contributed by atoms with van der Waals surface area (Å²) in [7, 11) is 0. The minimum absolute atomic E-state index is 0.157. The third kappa shape index (κ3) is 3.55. The Morgan fingerprint density at radius 2 is 2.00 bits per heavy atom. The lowest BCUT2D eigenvalue weighted by molar-refractivity contribution is 0.102. The quantitative estimate of drug-likeness (QED) is 0.723. The molecular formula is C19H16N2O2. The third-order valence-electron chi connectivity index (χ3n) is 3.32. The van der Waals surface area contributed by atoms with E-state index in [4.69, 9.17) is 4.74 Å². The summed E-state index contributed by atoms with van der Waals surface area (Å²) in [5.74, 6) is 0.494. The number of fused-ring (bicyclic) bond motifs is 1. The first kappa shape index (κ1) is 14.8. The lowest BCUT2D eigenvalue weighted by atomic mass is 10.1. The van der Waals surface area contributed by atoms with E-state index in [1.165, 1.54) is 0 Å². The molecule has 1 aromatic heterocycles. The van der Waals surface area contributed by atoms with Gasteiger partial charge in [0.05, 0.1) is 11.7 Å². The molecule has 0 saturated carbocycles. The maximum absolute atomic E-state index is 12.3. The van der Waals surface area contributed by atoms with Crippen molar-refractivity contribution in [3.63, 3.8) is 0 Å². The van der Waals surface area contributed by atoms with Gasteiger partial charge in [0, 0.05) is 16.6 Å². The number of hydrogen-bond acceptors (Lipinski definition) is 3. The van der Waals surface area contributed by atoms with Crippen LogP contribution in [0.3, 0.4) is 0 Å². The van der Waals surface area contributed by atoms with Gasteiger partial charge in [-0.3, -0.25) is 9.78 Å². The van der Waals surface area contributed by atoms with Crippen LogP contribution in [-0.4, -0.2) is 17.5 Å². The van der Waals surface area contributed by atoms with Crippen molar-refractivity contribution in [2.75, 3.05) is 11.9 Å². The van der Waals surface area contributed by atoms with Crippen LogP contribution in [0.2, 0.25) is 0 Å². The molecule has 0 spiro atoms. The maximum atomic E-state index is 12.3. The second-order valence-corrected chi connectivity index (χ2v) is 5.00. The maximum Gasteiger partial charge on any atom is 0.255 e. The summed E-state index contributed by atoms with van der Waals surface area (Å²) in [6.45, 7) is 4.03. The topological polar surface area (TPSA) is 51.2 Å². The molecule has 0 atom stereocenters. The van der Waals surface area contributed by atoms with Gasteiger partial charge in [-0.1, -0.05) is 30.9 Å². The fraction of sp³-hybridized carbons (Fsp3) is 0.0526. The SMILES string of the molecule is C=CCOc1cnc2ccc(C(=O)Nc3ccccc3)cc2c1. The van der Waals surface area contributed by atoms with E-state index in [1.54, 1.807) is 24.4 Å². The first-order valence-electron chi connectivity index (χ1n) is 7.26. The number of pyridine rings is 1. The summed E-state index contributed by atoms with van der Waals surface area (Å²) >= 11 is 0. The molecule has 0 radical (unpaired) electrons. The standard InChI is InChI=1S/C19H16N2O2/c1-2-10-23-17-12-15-11-14(8-9-18(15)20-13-17)19(22)21-16-6-4-3-5-7-16/h2-9,11-13H,1,10H2,(H,21,22). The van der Waals surface area contributed by atoms with Crippen LogP contribution in [0, 0.1) is 0 Å². The zero-order valence-corrected chi connectivity index (χ0v) is 12.5. The number of nitrogens with one attached hydrogen (secondary N) is 1. The molecule has 1 N–H and O–H groups in total. The Balaban J connectivity index is 1.85. The molecule has 0 fully saturated rings. The smallest absolute Gasteiger partial charge is 0.255 e. The number of para-hydroxylation sites is 1. The van der Waals surface area contributed by atoms with Crippen molar-refractivity contribution in [1.29, 1.82) is 0 Å². The van der Waals surface area contributed by atoms with E-state index in [-0.39, 0.29) is 5.91 Å². The van der Waals surface area contributed by atoms with Crippen LogP contribution in [0.15, 0.2) is 73.4 Å². The number of aromatic nitrogens is 1. The molecule has 4 nitrogen and oxygen atoms in total. The number of carbonyl (C=O) groups is 1. The van der Waals surface area contributed by atoms with Crippen LogP contribution in [0.4, 0.5) is 5.69 Å². The summed E-state index contributed by atoms with van der Waals surface area (Å²) in [5.41, 5.74) is 2.15. The number of hydrogen-bond donors (Lipinski definition) is 1. The van der Waals surface area contributed by atoms with E-state index in [0.29, 0.717) is 17.9 Å². The first-order chi connectivity index (χ1) is 11.3. The molecule has 114 valence electrons. The molecule has 0 unspecified atom stereocenters. The van der Waals surface area contributed by atoms with Gasteiger partial charge in [-0.2, -0.15) is 0 Å². The Morgan fingerprint density at radius 3 is 2.78 bits per heavy atom. The van der Waals surface area contributed by atoms with Gasteiger partial charge in [-0.05, 0) is 36.4 Å². The summed E-state index contributed by atoms with van der Waals surface area (Å²) in [5, 5.41) is 3.72. The highest BCUT2D eigenvalue weighted by Gasteiger charge is 2.08. The second kappa shape index (κ2) is 6.75. The van der Waals surface area contributed by atoms with Crippen LogP contribution in [-0.2, 0) is 0 Å². The largest absolute Gasteiger partial charge is 0.488 e. The Bertz CT molecular complexity index is 844. The molecule has 23 heavy (non-hydrogen) atoms. The van der Waals surface area contributed by atoms with Crippen LogP contribution in [0.5, 0.6) is 5.75 Å². The molecule has 3 rings (SSSR count). The van der Waals surface area contributed by atoms with E-state index in [2.05, 4.69) is 16.9 Å². The number of ether oxygens (including phenoxy) is 1. The monoisotopic (exact) mass is 304 g/mol. The van der Waals surface area contributed by atoms with Crippen molar-refractivity contribution in [3.05, 3.63) is 79.0 Å². The van der Waals surface area contributed by atoms with Gasteiger partial charge < -0.3 is 10.1 Å². The van der Waals surface area contributed by atoms with Gasteiger partial charge in [0.1, 0.15) is 12.4 Å². The third-order valence-corrected chi connectivity index (χ3v) is 3.32. The van der Waals surface area contributed by atoms with E-state index in [9.17, 15) is 4.79 Å². The van der Waals surface area contributed by atoms with Crippen molar-refractivity contribution in [2.45, 2.75) is 0 Å². The molecule has 0 aliphatic rings. The average Bonchev–Trinajstić information content (AvgIpc) is 2.60. The van der Waals surface area contributed by atoms with E-state index in [1.807, 2.05) is 42.5 Å². The van der Waals surface area contributed by atoms with Crippen molar-refractivity contribution >= 4 is 22.5 Å². The fourth-order valence-electron chi connectivity index (χ4n) is 2.21. The number of carbonyl (C=O) groups excluding carboxylic acids is 1. The van der Waals surface area contributed by atoms with E-state index < -0.39 is 0 Å². The first-order valence-corrected chi connectivity index (χ1v) is 7.26. The Labute approximate surface area is 134 Å². The zero-order valence-electron chi connectivity index (χ0n) is 12.5. The number of anilines is 1. The number of nitrogens with zero attached hydrogens (tertiary/aromatic N) is 1. The number of amides is 1. The van der Waals surface area contributed by atoms with Crippen LogP contribution < -0.4 is 10.1 Å². The van der Waals surface area contributed by atoms with Gasteiger partial charge in [0.2, 0.25) is 0 Å². The predicted octanol–water partition coefficient (Wildman–Crippen LogP) is 4.05. The molecule has 2 aromatic carbocycles.